The summed E-state index contributed by atoms with van der Waals surface area (Å²) in [7, 11) is 1.90. The van der Waals surface area contributed by atoms with Crippen molar-refractivity contribution in [2.24, 2.45) is 27.2 Å². The normalized spacial score (nSPS) is 26.5. The molecular formula is C43H63N5O3. The molecule has 0 saturated carbocycles. The fourth-order valence-corrected chi connectivity index (χ4v) is 7.42. The molecule has 3 heterocycles. The number of carbonyl (C=O) groups excluding carboxylic acids is 3. The Bertz CT molecular complexity index is 1520. The number of unbranched alkanes of at least 4 members (excludes halogenated alkanes) is 1. The summed E-state index contributed by atoms with van der Waals surface area (Å²) in [6.45, 7) is 19.4. The van der Waals surface area contributed by atoms with Crippen molar-refractivity contribution in [2.45, 2.75) is 124 Å². The number of allylic oxidation sites excluding steroid dienone is 7. The molecule has 0 aromatic rings. The predicted molar refractivity (Wildman–Crippen MR) is 213 cm³/mol. The van der Waals surface area contributed by atoms with Crippen LogP contribution >= 0.6 is 0 Å². The van der Waals surface area contributed by atoms with E-state index in [0.717, 1.165) is 55.5 Å². The highest BCUT2D eigenvalue weighted by Gasteiger charge is 2.47. The molecule has 5 rings (SSSR count). The Labute approximate surface area is 308 Å². The van der Waals surface area contributed by atoms with Crippen LogP contribution in [-0.4, -0.2) is 72.2 Å². The number of urea groups is 1. The maximum Gasteiger partial charge on any atom is 0.320 e. The summed E-state index contributed by atoms with van der Waals surface area (Å²) >= 11 is 0. The highest BCUT2D eigenvalue weighted by atomic mass is 16.2. The van der Waals surface area contributed by atoms with Crippen LogP contribution in [0.1, 0.15) is 107 Å². The van der Waals surface area contributed by atoms with Gasteiger partial charge in [0.2, 0.25) is 5.91 Å². The van der Waals surface area contributed by atoms with Gasteiger partial charge in [-0.05, 0) is 101 Å². The zero-order valence-electron chi connectivity index (χ0n) is 32.7. The van der Waals surface area contributed by atoms with E-state index in [2.05, 4.69) is 107 Å². The number of fused-ring (bicyclic) bond motifs is 2. The molecule has 8 heteroatoms. The quantitative estimate of drug-likeness (QED) is 0.257. The first-order valence-corrected chi connectivity index (χ1v) is 19.0. The number of amides is 3. The van der Waals surface area contributed by atoms with Crippen molar-refractivity contribution >= 4 is 31.2 Å². The first kappa shape index (κ1) is 41.4. The molecule has 8 nitrogen and oxygen atoms in total. The summed E-state index contributed by atoms with van der Waals surface area (Å²) < 4.78 is 0. The average Bonchev–Trinajstić information content (AvgIpc) is 3.27. The van der Waals surface area contributed by atoms with Gasteiger partial charge >= 0.3 is 6.03 Å². The van der Waals surface area contributed by atoms with E-state index in [4.69, 9.17) is 9.79 Å². The van der Waals surface area contributed by atoms with E-state index < -0.39 is 11.0 Å². The average molecular weight is 698 g/mol. The predicted octanol–water partition coefficient (Wildman–Crippen LogP) is 9.10. The Balaban J connectivity index is 0.00000169. The molecule has 1 spiro atoms. The molecule has 4 atom stereocenters. The molecule has 0 radical (unpaired) electrons. The molecule has 2 aliphatic carbocycles. The summed E-state index contributed by atoms with van der Waals surface area (Å²) in [5.41, 5.74) is 3.68. The second-order valence-corrected chi connectivity index (χ2v) is 14.7. The minimum atomic E-state index is -0.604. The van der Waals surface area contributed by atoms with E-state index in [1.807, 2.05) is 49.9 Å². The number of hydrogen-bond acceptors (Lipinski definition) is 5. The minimum absolute atomic E-state index is 0.0181. The van der Waals surface area contributed by atoms with Gasteiger partial charge in [0, 0.05) is 38.0 Å². The highest BCUT2D eigenvalue weighted by molar-refractivity contribution is 5.92. The standard InChI is InChI=1S/C40H55N5O2.C2H6.CH2O/c1-8-9-15-31-16-11-10-12-18-33(31)39(5,6)45(38(47)44(7)28(2)3)27-30-24-32-17-13-22-40(23-14-19-35(32)41-26-30)34-21-20-29(4)25-42-36(34)43-37(40)46;2*1-2/h10-14,16-17,19,24-26,28-29,32,35H,8-9,15,18,20-23,27H2,1-7H3,(H,43,46);1-2H3;1H2/b17-13+,19-14+;;. The molecule has 3 aliphatic heterocycles. The van der Waals surface area contributed by atoms with Crippen LogP contribution in [0.2, 0.25) is 0 Å². The van der Waals surface area contributed by atoms with Crippen LogP contribution in [0.15, 0.2) is 92.8 Å². The van der Waals surface area contributed by atoms with Gasteiger partial charge in [0.1, 0.15) is 12.6 Å². The fraction of sp³-hybridized carbons (Fsp3) is 0.558. The van der Waals surface area contributed by atoms with Crippen molar-refractivity contribution in [3.8, 4) is 0 Å². The summed E-state index contributed by atoms with van der Waals surface area (Å²) in [5.74, 6) is 1.24. The minimum Gasteiger partial charge on any atom is -0.325 e. The van der Waals surface area contributed by atoms with Gasteiger partial charge in [0.15, 0.2) is 0 Å². The first-order valence-electron chi connectivity index (χ1n) is 19.0. The summed E-state index contributed by atoms with van der Waals surface area (Å²) in [6, 6.07) is 0.0397. The van der Waals surface area contributed by atoms with Crippen LogP contribution in [0.25, 0.3) is 0 Å². The molecule has 51 heavy (non-hydrogen) atoms. The summed E-state index contributed by atoms with van der Waals surface area (Å²) in [6.07, 6.45) is 30.8. The Morgan fingerprint density at radius 1 is 1.12 bits per heavy atom. The zero-order valence-corrected chi connectivity index (χ0v) is 32.7. The fourth-order valence-electron chi connectivity index (χ4n) is 7.42. The smallest absolute Gasteiger partial charge is 0.320 e. The van der Waals surface area contributed by atoms with Crippen molar-refractivity contribution in [1.82, 2.24) is 15.1 Å². The van der Waals surface area contributed by atoms with Gasteiger partial charge in [-0.2, -0.15) is 0 Å². The topological polar surface area (TPSA) is 94.4 Å². The highest BCUT2D eigenvalue weighted by Crippen LogP contribution is 2.46. The number of rotatable bonds is 8. The van der Waals surface area contributed by atoms with Gasteiger partial charge in [-0.1, -0.05) is 88.8 Å². The van der Waals surface area contributed by atoms with Crippen LogP contribution in [0, 0.1) is 17.3 Å². The molecule has 0 fully saturated rings. The lowest BCUT2D eigenvalue weighted by atomic mass is 9.73. The van der Waals surface area contributed by atoms with Crippen molar-refractivity contribution in [2.75, 3.05) is 13.6 Å². The van der Waals surface area contributed by atoms with Gasteiger partial charge in [-0.3, -0.25) is 9.79 Å². The van der Waals surface area contributed by atoms with Crippen molar-refractivity contribution in [3.63, 3.8) is 0 Å². The van der Waals surface area contributed by atoms with Crippen LogP contribution in [-0.2, 0) is 9.59 Å². The van der Waals surface area contributed by atoms with E-state index >= 15 is 0 Å². The second-order valence-electron chi connectivity index (χ2n) is 14.7. The maximum absolute atomic E-state index is 14.3. The van der Waals surface area contributed by atoms with Crippen LogP contribution < -0.4 is 5.32 Å². The lowest BCUT2D eigenvalue weighted by Crippen LogP contribution is -2.55. The number of nitrogens with one attached hydrogen (secondary N) is 1. The molecule has 0 saturated heterocycles. The Morgan fingerprint density at radius 3 is 2.51 bits per heavy atom. The third-order valence-corrected chi connectivity index (χ3v) is 10.8. The van der Waals surface area contributed by atoms with Crippen LogP contribution in [0.4, 0.5) is 4.79 Å². The molecule has 278 valence electrons. The van der Waals surface area contributed by atoms with E-state index in [1.54, 1.807) is 0 Å². The Kier molecular flexibility index (Phi) is 15.4. The molecule has 5 aliphatic rings. The number of nitrogens with zero attached hydrogens (tertiary/aromatic N) is 4. The van der Waals surface area contributed by atoms with Crippen LogP contribution in [0.5, 0.6) is 0 Å². The van der Waals surface area contributed by atoms with Gasteiger partial charge in [0.05, 0.1) is 17.0 Å². The Morgan fingerprint density at radius 2 is 1.82 bits per heavy atom. The largest absolute Gasteiger partial charge is 0.325 e. The van der Waals surface area contributed by atoms with E-state index in [9.17, 15) is 9.59 Å². The SMILES string of the molecule is C=O.CC.CCCCC1=C(C(C)(C)N(CC2=CC3/C=C/CC4(C/C=C/C3N=C2)C(=O)NC2=C4CCC(C)C=N2)C(=O)N(C)C(C)C)CC=CC=C1. The lowest BCUT2D eigenvalue weighted by molar-refractivity contribution is -0.126. The first-order chi connectivity index (χ1) is 24.5. The van der Waals surface area contributed by atoms with Gasteiger partial charge in [-0.25, -0.2) is 9.79 Å². The molecule has 3 amide bonds. The molecule has 4 unspecified atom stereocenters. The van der Waals surface area contributed by atoms with E-state index in [1.165, 1.54) is 11.1 Å². The second kappa shape index (κ2) is 19.0. The molecular weight excluding hydrogens is 635 g/mol. The van der Waals surface area contributed by atoms with Gasteiger partial charge in [0.25, 0.3) is 0 Å². The number of aliphatic imine (C=N–C) groups is 2. The monoisotopic (exact) mass is 697 g/mol. The number of dihydropyridines is 1. The van der Waals surface area contributed by atoms with Crippen LogP contribution in [0.3, 0.4) is 0 Å². The Hall–Kier alpha value is -4.07. The van der Waals surface area contributed by atoms with Gasteiger partial charge in [-0.15, -0.1) is 0 Å². The maximum atomic E-state index is 14.3. The molecule has 1 N–H and O–H groups in total. The van der Waals surface area contributed by atoms with Gasteiger partial charge < -0.3 is 19.9 Å². The molecule has 0 aromatic heterocycles. The molecule has 0 aromatic carbocycles. The third-order valence-electron chi connectivity index (χ3n) is 10.8. The third kappa shape index (κ3) is 9.43. The lowest BCUT2D eigenvalue weighted by Gasteiger charge is -2.44. The van der Waals surface area contributed by atoms with E-state index in [-0.39, 0.29) is 29.9 Å². The number of carbonyl (C=O) groups is 3. The van der Waals surface area contributed by atoms with Crippen molar-refractivity contribution in [1.29, 1.82) is 0 Å². The zero-order chi connectivity index (χ0) is 37.8. The van der Waals surface area contributed by atoms with Crippen molar-refractivity contribution < 1.29 is 14.4 Å². The summed E-state index contributed by atoms with van der Waals surface area (Å²) in [4.78, 5) is 49.3. The van der Waals surface area contributed by atoms with Crippen molar-refractivity contribution in [3.05, 3.63) is 82.8 Å². The molecule has 0 bridgehead atoms. The van der Waals surface area contributed by atoms with E-state index in [0.29, 0.717) is 25.3 Å². The summed E-state index contributed by atoms with van der Waals surface area (Å²) in [5, 5.41) is 3.10. The number of hydrogen-bond donors (Lipinski definition) is 1.